The minimum absolute atomic E-state index is 0.387. The summed E-state index contributed by atoms with van der Waals surface area (Å²) in [6.07, 6.45) is 3.23. The lowest BCUT2D eigenvalue weighted by Crippen LogP contribution is -2.68. The second kappa shape index (κ2) is 12.9. The van der Waals surface area contributed by atoms with Crippen LogP contribution in [0.3, 0.4) is 0 Å². The molecule has 7 rings (SSSR count). The Balaban J connectivity index is 0.000000493. The molecule has 4 aromatic rings. The number of nitrogens with zero attached hydrogens (tertiary/aromatic N) is 7. The van der Waals surface area contributed by atoms with Gasteiger partial charge in [0, 0.05) is 61.3 Å². The van der Waals surface area contributed by atoms with E-state index in [0.29, 0.717) is 41.8 Å². The number of fused-ring (bicyclic) bond motifs is 3. The maximum Gasteiger partial charge on any atom is 0.490 e. The van der Waals surface area contributed by atoms with Crippen LogP contribution in [-0.2, 0) is 11.3 Å². The van der Waals surface area contributed by atoms with Gasteiger partial charge in [0.2, 0.25) is 5.88 Å². The highest BCUT2D eigenvalue weighted by Gasteiger charge is 2.44. The number of carbonyl (C=O) groups is 1. The molecular weight excluding hydrogens is 603 g/mol. The molecule has 0 spiro atoms. The Morgan fingerprint density at radius 2 is 1.91 bits per heavy atom. The van der Waals surface area contributed by atoms with E-state index in [-0.39, 0.29) is 0 Å². The highest BCUT2D eigenvalue weighted by molar-refractivity contribution is 6.18. The van der Waals surface area contributed by atoms with Gasteiger partial charge in [-0.25, -0.2) is 19.3 Å². The predicted octanol–water partition coefficient (Wildman–Crippen LogP) is 4.39. The molecule has 0 radical (unpaired) electrons. The third kappa shape index (κ3) is 6.63. The topological polar surface area (TPSA) is 129 Å². The molecule has 15 heteroatoms. The first-order valence-electron chi connectivity index (χ1n) is 13.5. The molecule has 11 nitrogen and oxygen atoms in total. The molecule has 1 N–H and O–H groups in total. The molecular formula is C29H27ClF3N7O4. The zero-order chi connectivity index (χ0) is 31.4. The van der Waals surface area contributed by atoms with E-state index >= 15 is 0 Å². The van der Waals surface area contributed by atoms with Crippen LogP contribution in [0, 0.1) is 11.3 Å². The normalized spacial score (nSPS) is 17.7. The van der Waals surface area contributed by atoms with Crippen LogP contribution in [0.25, 0.3) is 16.6 Å². The van der Waals surface area contributed by atoms with Crippen molar-refractivity contribution < 1.29 is 32.5 Å². The molecule has 3 saturated heterocycles. The number of methoxy groups -OCH3 is 1. The quantitative estimate of drug-likeness (QED) is 0.280. The summed E-state index contributed by atoms with van der Waals surface area (Å²) in [7, 11) is 1.63. The molecule has 7 heterocycles. The van der Waals surface area contributed by atoms with E-state index in [1.807, 2.05) is 24.5 Å². The monoisotopic (exact) mass is 629 g/mol. The van der Waals surface area contributed by atoms with Gasteiger partial charge in [-0.05, 0) is 30.2 Å². The number of piperazine rings is 1. The lowest BCUT2D eigenvalue weighted by atomic mass is 9.87. The summed E-state index contributed by atoms with van der Waals surface area (Å²) in [4.78, 5) is 23.0. The fraction of sp³-hybridized carbons (Fsp3) is 0.345. The van der Waals surface area contributed by atoms with Crippen LogP contribution in [0.5, 0.6) is 11.6 Å². The molecule has 230 valence electrons. The number of carboxylic acids is 1. The predicted molar refractivity (Wildman–Crippen MR) is 154 cm³/mol. The van der Waals surface area contributed by atoms with Crippen LogP contribution in [0.2, 0.25) is 0 Å². The highest BCUT2D eigenvalue weighted by atomic mass is 35.5. The Morgan fingerprint density at radius 3 is 2.48 bits per heavy atom. The fourth-order valence-electron chi connectivity index (χ4n) is 5.34. The number of anilines is 1. The third-order valence-corrected chi connectivity index (χ3v) is 7.55. The van der Waals surface area contributed by atoms with Crippen molar-refractivity contribution in [2.45, 2.75) is 31.2 Å². The van der Waals surface area contributed by atoms with Gasteiger partial charge in [0.25, 0.3) is 0 Å². The van der Waals surface area contributed by atoms with E-state index in [2.05, 4.69) is 44.2 Å². The number of carboxylic acid groups (broad SMARTS) is 1. The highest BCUT2D eigenvalue weighted by Crippen LogP contribution is 2.36. The smallest absolute Gasteiger partial charge is 0.490 e. The number of hydrogen-bond acceptors (Lipinski definition) is 9. The van der Waals surface area contributed by atoms with Crippen molar-refractivity contribution in [3.8, 4) is 28.8 Å². The van der Waals surface area contributed by atoms with E-state index in [1.165, 1.54) is 12.0 Å². The molecule has 2 unspecified atom stereocenters. The molecule has 2 atom stereocenters. The van der Waals surface area contributed by atoms with Gasteiger partial charge in [0.15, 0.2) is 0 Å². The van der Waals surface area contributed by atoms with E-state index < -0.39 is 12.1 Å². The minimum Gasteiger partial charge on any atom is -0.491 e. The number of nitriles is 1. The average Bonchev–Trinajstić information content (AvgIpc) is 3.45. The van der Waals surface area contributed by atoms with Crippen LogP contribution in [0.1, 0.15) is 17.5 Å². The van der Waals surface area contributed by atoms with Gasteiger partial charge in [0.1, 0.15) is 24.2 Å². The SMILES string of the molecule is COc1ccc(CN2C3CC2CN(c2ccc(-c4cc(OCCCl)cn5ncc(C#N)c45)cn2)C3)cn1.O=C(O)C(F)(F)F. The molecule has 44 heavy (non-hydrogen) atoms. The van der Waals surface area contributed by atoms with E-state index in [0.717, 1.165) is 42.1 Å². The number of halogens is 4. The van der Waals surface area contributed by atoms with Crippen LogP contribution in [0.15, 0.2) is 55.1 Å². The van der Waals surface area contributed by atoms with Gasteiger partial charge < -0.3 is 19.5 Å². The van der Waals surface area contributed by atoms with Crippen LogP contribution in [0.4, 0.5) is 19.0 Å². The van der Waals surface area contributed by atoms with Crippen LogP contribution in [-0.4, -0.2) is 86.5 Å². The standard InChI is InChI=1S/C27H26ClN7O2.C2HF3O2/c1-36-26-5-2-18(11-31-26)14-34-21-8-22(34)16-33(15-21)25-4-3-19(12-30-25)24-9-23(37-7-6-28)17-35-27(24)20(10-29)13-32-35;3-2(4,5)1(6)7/h2-5,9,11-13,17,21-22H,6-8,14-16H2,1H3;(H,6,7). The minimum atomic E-state index is -5.08. The average molecular weight is 630 g/mol. The number of aromatic nitrogens is 4. The second-order valence-electron chi connectivity index (χ2n) is 10.1. The number of rotatable bonds is 8. The molecule has 0 aromatic carbocycles. The Kier molecular flexibility index (Phi) is 9.07. The van der Waals surface area contributed by atoms with Gasteiger partial charge in [-0.15, -0.1) is 11.6 Å². The van der Waals surface area contributed by atoms with Gasteiger partial charge in [-0.1, -0.05) is 6.07 Å². The number of piperidine rings is 1. The lowest BCUT2D eigenvalue weighted by molar-refractivity contribution is -0.192. The first-order valence-corrected chi connectivity index (χ1v) is 14.0. The Hall–Kier alpha value is -4.61. The van der Waals surface area contributed by atoms with Gasteiger partial charge in [0.05, 0.1) is 36.5 Å². The second-order valence-corrected chi connectivity index (χ2v) is 10.5. The van der Waals surface area contributed by atoms with E-state index in [1.54, 1.807) is 24.0 Å². The van der Waals surface area contributed by atoms with Gasteiger partial charge >= 0.3 is 12.1 Å². The summed E-state index contributed by atoms with van der Waals surface area (Å²) in [5, 5.41) is 21.1. The first-order chi connectivity index (χ1) is 21.1. The lowest BCUT2D eigenvalue weighted by Gasteiger charge is -2.56. The van der Waals surface area contributed by atoms with Crippen molar-refractivity contribution in [3.05, 3.63) is 66.2 Å². The van der Waals surface area contributed by atoms with Crippen molar-refractivity contribution in [2.75, 3.05) is 37.6 Å². The number of hydrogen-bond donors (Lipinski definition) is 1. The summed E-state index contributed by atoms with van der Waals surface area (Å²) in [6.45, 7) is 3.18. The number of ether oxygens (including phenoxy) is 2. The third-order valence-electron chi connectivity index (χ3n) is 7.39. The molecule has 3 fully saturated rings. The summed E-state index contributed by atoms with van der Waals surface area (Å²) in [5.74, 6) is -0.127. The van der Waals surface area contributed by atoms with Crippen molar-refractivity contribution in [2.24, 2.45) is 0 Å². The zero-order valence-corrected chi connectivity index (χ0v) is 24.2. The van der Waals surface area contributed by atoms with Crippen molar-refractivity contribution >= 4 is 28.9 Å². The van der Waals surface area contributed by atoms with Crippen LogP contribution < -0.4 is 14.4 Å². The number of alkyl halides is 4. The summed E-state index contributed by atoms with van der Waals surface area (Å²) in [5.41, 5.74) is 4.19. The Morgan fingerprint density at radius 1 is 1.16 bits per heavy atom. The maximum absolute atomic E-state index is 10.6. The fourth-order valence-corrected chi connectivity index (χ4v) is 5.41. The van der Waals surface area contributed by atoms with Crippen molar-refractivity contribution in [1.82, 2.24) is 24.5 Å². The largest absolute Gasteiger partial charge is 0.491 e. The maximum atomic E-state index is 10.6. The van der Waals surface area contributed by atoms with Crippen molar-refractivity contribution in [1.29, 1.82) is 5.26 Å². The Bertz CT molecular complexity index is 1650. The summed E-state index contributed by atoms with van der Waals surface area (Å²) >= 11 is 5.80. The molecule has 0 aliphatic carbocycles. The summed E-state index contributed by atoms with van der Waals surface area (Å²) < 4.78 is 44.3. The van der Waals surface area contributed by atoms with E-state index in [9.17, 15) is 18.4 Å². The van der Waals surface area contributed by atoms with Crippen molar-refractivity contribution in [3.63, 3.8) is 0 Å². The molecule has 2 bridgehead atoms. The molecule has 3 aliphatic heterocycles. The molecule has 3 aliphatic rings. The van der Waals surface area contributed by atoms with E-state index in [4.69, 9.17) is 36.0 Å². The Labute approximate surface area is 255 Å². The van der Waals surface area contributed by atoms with Gasteiger partial charge in [-0.3, -0.25) is 4.90 Å². The summed E-state index contributed by atoms with van der Waals surface area (Å²) in [6, 6.07) is 13.3. The molecule has 4 aromatic heterocycles. The zero-order valence-electron chi connectivity index (χ0n) is 23.4. The number of pyridine rings is 3. The first kappa shape index (κ1) is 30.8. The van der Waals surface area contributed by atoms with Crippen LogP contribution >= 0.6 is 11.6 Å². The number of aliphatic carboxylic acids is 1. The molecule has 0 saturated carbocycles. The molecule has 0 amide bonds. The van der Waals surface area contributed by atoms with Gasteiger partial charge in [-0.2, -0.15) is 23.5 Å².